The number of carbonyl (C=O) groups is 1. The molecule has 114 valence electrons. The highest BCUT2D eigenvalue weighted by Gasteiger charge is 2.25. The summed E-state index contributed by atoms with van der Waals surface area (Å²) >= 11 is 11.2. The van der Waals surface area contributed by atoms with Gasteiger partial charge in [0.25, 0.3) is 0 Å². The summed E-state index contributed by atoms with van der Waals surface area (Å²) in [7, 11) is 0. The number of hydrazone groups is 1. The third-order valence-electron chi connectivity index (χ3n) is 2.44. The van der Waals surface area contributed by atoms with Gasteiger partial charge in [-0.2, -0.15) is 5.10 Å². The van der Waals surface area contributed by atoms with Gasteiger partial charge in [-0.05, 0) is 26.8 Å². The van der Waals surface area contributed by atoms with Crippen molar-refractivity contribution in [3.8, 4) is 0 Å². The van der Waals surface area contributed by atoms with Gasteiger partial charge in [0, 0.05) is 17.3 Å². The number of hydrogen-bond donors (Lipinski definition) is 1. The zero-order valence-electron chi connectivity index (χ0n) is 11.9. The van der Waals surface area contributed by atoms with Gasteiger partial charge in [-0.3, -0.25) is 4.90 Å². The lowest BCUT2D eigenvalue weighted by Crippen LogP contribution is -2.45. The molecule has 0 aliphatic carbocycles. The molecule has 1 rings (SSSR count). The van der Waals surface area contributed by atoms with E-state index in [1.54, 1.807) is 39.0 Å². The summed E-state index contributed by atoms with van der Waals surface area (Å²) in [5.41, 5.74) is 2.02. The van der Waals surface area contributed by atoms with E-state index >= 15 is 0 Å². The molecule has 0 aliphatic heterocycles. The van der Waals surface area contributed by atoms with Gasteiger partial charge in [0.2, 0.25) is 0 Å². The molecule has 21 heavy (non-hydrogen) atoms. The average molecular weight is 332 g/mol. The number of urea groups is 1. The molecular weight excluding hydrogens is 316 g/mol. The largest absolute Gasteiger partial charge is 0.342 e. The molecule has 2 amide bonds. The molecule has 0 radical (unpaired) electrons. The van der Waals surface area contributed by atoms with Crippen molar-refractivity contribution >= 4 is 35.4 Å². The smallest absolute Gasteiger partial charge is 0.292 e. The Kier molecular flexibility index (Phi) is 6.18. The minimum Gasteiger partial charge on any atom is -0.292 e. The van der Waals surface area contributed by atoms with Crippen molar-refractivity contribution < 1.29 is 9.18 Å². The van der Waals surface area contributed by atoms with E-state index in [0.29, 0.717) is 0 Å². The van der Waals surface area contributed by atoms with Gasteiger partial charge in [-0.1, -0.05) is 41.4 Å². The second-order valence-corrected chi connectivity index (χ2v) is 6.16. The van der Waals surface area contributed by atoms with Crippen LogP contribution in [-0.4, -0.2) is 22.7 Å². The van der Waals surface area contributed by atoms with E-state index in [1.165, 1.54) is 23.4 Å². The van der Waals surface area contributed by atoms with E-state index in [0.717, 1.165) is 0 Å². The monoisotopic (exact) mass is 331 g/mol. The molecule has 1 aromatic rings. The summed E-state index contributed by atoms with van der Waals surface area (Å²) in [6.07, 6.45) is 2.51. The maximum absolute atomic E-state index is 13.4. The molecule has 0 fully saturated rings. The number of carbonyl (C=O) groups excluding carboxylic acids is 1. The van der Waals surface area contributed by atoms with Gasteiger partial charge >= 0.3 is 6.03 Å². The Balaban J connectivity index is 2.80. The van der Waals surface area contributed by atoms with Gasteiger partial charge in [0.05, 0.1) is 6.21 Å². The van der Waals surface area contributed by atoms with Crippen molar-refractivity contribution in [2.75, 3.05) is 0 Å². The summed E-state index contributed by atoms with van der Waals surface area (Å²) in [5, 5.41) is 3.72. The lowest BCUT2D eigenvalue weighted by atomic mass is 10.1. The van der Waals surface area contributed by atoms with Crippen molar-refractivity contribution in [3.05, 3.63) is 46.3 Å². The van der Waals surface area contributed by atoms with Crippen LogP contribution in [-0.2, 0) is 0 Å². The van der Waals surface area contributed by atoms with Crippen LogP contribution in [0, 0.1) is 5.82 Å². The Bertz CT molecular complexity index is 564. The topological polar surface area (TPSA) is 44.7 Å². The summed E-state index contributed by atoms with van der Waals surface area (Å²) < 4.78 is 13.3. The van der Waals surface area contributed by atoms with Crippen LogP contribution >= 0.6 is 23.2 Å². The zero-order valence-corrected chi connectivity index (χ0v) is 13.4. The molecular formula is C14H16Cl2FN3O. The van der Waals surface area contributed by atoms with Crippen LogP contribution in [0.3, 0.4) is 0 Å². The zero-order chi connectivity index (χ0) is 16.0. The predicted octanol–water partition coefficient (Wildman–Crippen LogP) is 4.25. The van der Waals surface area contributed by atoms with E-state index in [2.05, 4.69) is 10.5 Å². The number of benzene rings is 1. The van der Waals surface area contributed by atoms with E-state index in [9.17, 15) is 9.18 Å². The van der Waals surface area contributed by atoms with Crippen LogP contribution in [0.15, 0.2) is 40.1 Å². The Morgan fingerprint density at radius 2 is 1.95 bits per heavy atom. The molecule has 0 saturated heterocycles. The number of hydrogen-bond acceptors (Lipinski definition) is 2. The lowest BCUT2D eigenvalue weighted by molar-refractivity contribution is 0.179. The fraction of sp³-hybridized carbons (Fsp3) is 0.286. The van der Waals surface area contributed by atoms with E-state index in [-0.39, 0.29) is 10.1 Å². The maximum Gasteiger partial charge on any atom is 0.342 e. The van der Waals surface area contributed by atoms with Crippen LogP contribution in [0.2, 0.25) is 0 Å². The standard InChI is InChI=1S/C14H16Cl2FN3O/c1-14(2,3)20(9-12(15)16)13(21)19-18-8-10-6-4-5-7-11(10)17/h4-9H,1-3H3,(H,19,21)/b18-8+. The highest BCUT2D eigenvalue weighted by molar-refractivity contribution is 6.55. The Labute approximate surface area is 133 Å². The molecule has 1 aromatic carbocycles. The second-order valence-electron chi connectivity index (χ2n) is 5.16. The van der Waals surface area contributed by atoms with E-state index < -0.39 is 17.4 Å². The number of nitrogens with one attached hydrogen (secondary N) is 1. The molecule has 0 bridgehead atoms. The molecule has 0 atom stereocenters. The van der Waals surface area contributed by atoms with Crippen LogP contribution in [0.5, 0.6) is 0 Å². The van der Waals surface area contributed by atoms with Crippen LogP contribution < -0.4 is 5.43 Å². The van der Waals surface area contributed by atoms with Gasteiger partial charge in [-0.15, -0.1) is 0 Å². The third kappa shape index (κ3) is 5.73. The van der Waals surface area contributed by atoms with Crippen LogP contribution in [0.1, 0.15) is 26.3 Å². The molecule has 0 unspecified atom stereocenters. The van der Waals surface area contributed by atoms with Gasteiger partial charge in [0.1, 0.15) is 10.3 Å². The fourth-order valence-electron chi connectivity index (χ4n) is 1.45. The minimum absolute atomic E-state index is 0.0573. The molecule has 0 aromatic heterocycles. The molecule has 0 aliphatic rings. The molecule has 0 spiro atoms. The van der Waals surface area contributed by atoms with Gasteiger partial charge < -0.3 is 0 Å². The Morgan fingerprint density at radius 3 is 2.48 bits per heavy atom. The molecule has 7 heteroatoms. The Hall–Kier alpha value is -1.59. The molecule has 1 N–H and O–H groups in total. The number of halogens is 3. The first-order chi connectivity index (χ1) is 9.71. The van der Waals surface area contributed by atoms with Crippen molar-refractivity contribution in [3.63, 3.8) is 0 Å². The summed E-state index contributed by atoms with van der Waals surface area (Å²) in [4.78, 5) is 13.3. The average Bonchev–Trinajstić information content (AvgIpc) is 2.36. The van der Waals surface area contributed by atoms with Crippen molar-refractivity contribution in [1.82, 2.24) is 10.3 Å². The number of nitrogens with zero attached hydrogens (tertiary/aromatic N) is 2. The maximum atomic E-state index is 13.4. The minimum atomic E-state index is -0.549. The lowest BCUT2D eigenvalue weighted by Gasteiger charge is -2.31. The third-order valence-corrected chi connectivity index (χ3v) is 2.63. The van der Waals surface area contributed by atoms with Gasteiger partial charge in [-0.25, -0.2) is 14.6 Å². The SMILES string of the molecule is CC(C)(C)N(C=C(Cl)Cl)C(=O)N/N=C/c1ccccc1F. The van der Waals surface area contributed by atoms with Crippen LogP contribution in [0.25, 0.3) is 0 Å². The van der Waals surface area contributed by atoms with Crippen molar-refractivity contribution in [2.45, 2.75) is 26.3 Å². The van der Waals surface area contributed by atoms with Crippen molar-refractivity contribution in [1.29, 1.82) is 0 Å². The molecule has 0 saturated carbocycles. The van der Waals surface area contributed by atoms with Crippen molar-refractivity contribution in [2.24, 2.45) is 5.10 Å². The summed E-state index contributed by atoms with van der Waals surface area (Å²) in [6, 6.07) is 5.56. The van der Waals surface area contributed by atoms with E-state index in [4.69, 9.17) is 23.2 Å². The first kappa shape index (κ1) is 17.5. The van der Waals surface area contributed by atoms with Gasteiger partial charge in [0.15, 0.2) is 0 Å². The highest BCUT2D eigenvalue weighted by atomic mass is 35.5. The number of amides is 2. The first-order valence-corrected chi connectivity index (χ1v) is 6.87. The molecule has 4 nitrogen and oxygen atoms in total. The summed E-state index contributed by atoms with van der Waals surface area (Å²) in [6.45, 7) is 5.42. The number of rotatable bonds is 3. The van der Waals surface area contributed by atoms with E-state index in [1.807, 2.05) is 0 Å². The summed E-state index contributed by atoms with van der Waals surface area (Å²) in [5.74, 6) is -0.424. The quantitative estimate of drug-likeness (QED) is 0.653. The fourth-order valence-corrected chi connectivity index (χ4v) is 1.64. The normalized spacial score (nSPS) is 11.3. The predicted molar refractivity (Wildman–Crippen MR) is 83.9 cm³/mol. The second kappa shape index (κ2) is 7.43. The first-order valence-electron chi connectivity index (χ1n) is 6.11. The van der Waals surface area contributed by atoms with Crippen LogP contribution in [0.4, 0.5) is 9.18 Å². The highest BCUT2D eigenvalue weighted by Crippen LogP contribution is 2.18. The molecule has 0 heterocycles. The Morgan fingerprint density at radius 1 is 1.33 bits per heavy atom.